The van der Waals surface area contributed by atoms with Gasteiger partial charge < -0.3 is 15.4 Å². The number of aromatic nitrogens is 1. The van der Waals surface area contributed by atoms with Crippen LogP contribution in [0, 0.1) is 15.9 Å². The van der Waals surface area contributed by atoms with Gasteiger partial charge in [-0.25, -0.2) is 9.37 Å². The first-order chi connectivity index (χ1) is 13.0. The number of thiocarbonyl (C=S) groups is 1. The van der Waals surface area contributed by atoms with Crippen LogP contribution in [0.1, 0.15) is 18.4 Å². The summed E-state index contributed by atoms with van der Waals surface area (Å²) in [6.07, 6.45) is 2.76. The average Bonchev–Trinajstić information content (AvgIpc) is 2.68. The molecular weight excluding hydrogens is 371 g/mol. The van der Waals surface area contributed by atoms with Crippen molar-refractivity contribution in [3.63, 3.8) is 0 Å². The third kappa shape index (κ3) is 4.75. The van der Waals surface area contributed by atoms with Gasteiger partial charge in [0.2, 0.25) is 0 Å². The van der Waals surface area contributed by atoms with Gasteiger partial charge in [0.15, 0.2) is 5.11 Å². The molecule has 0 amide bonds. The minimum atomic E-state index is -0.509. The standard InChI is InChI=1S/C18H19FN4O3S/c19-14-3-1-13(2-4-14)18(7-9-26-10-8-18)12-21-17(27)22-16-6-5-15(11-20-16)23(24)25/h1-6,11H,7-10,12H2,(H2,20,21,22,27). The zero-order chi connectivity index (χ0) is 19.3. The topological polar surface area (TPSA) is 89.3 Å². The lowest BCUT2D eigenvalue weighted by Crippen LogP contribution is -2.45. The number of nitrogens with zero attached hydrogens (tertiary/aromatic N) is 2. The quantitative estimate of drug-likeness (QED) is 0.460. The van der Waals surface area contributed by atoms with Gasteiger partial charge in [0.1, 0.15) is 17.8 Å². The fraction of sp³-hybridized carbons (Fsp3) is 0.333. The van der Waals surface area contributed by atoms with Crippen molar-refractivity contribution in [2.24, 2.45) is 0 Å². The van der Waals surface area contributed by atoms with Crippen LogP contribution in [0.3, 0.4) is 0 Å². The van der Waals surface area contributed by atoms with Crippen LogP contribution in [-0.2, 0) is 10.2 Å². The molecule has 0 unspecified atom stereocenters. The lowest BCUT2D eigenvalue weighted by atomic mass is 9.74. The number of pyridine rings is 1. The first kappa shape index (κ1) is 19.1. The number of rotatable bonds is 5. The van der Waals surface area contributed by atoms with E-state index < -0.39 is 4.92 Å². The molecule has 1 aliphatic rings. The maximum atomic E-state index is 13.3. The normalized spacial score (nSPS) is 15.7. The van der Waals surface area contributed by atoms with E-state index in [4.69, 9.17) is 17.0 Å². The van der Waals surface area contributed by atoms with Gasteiger partial charge in [0.05, 0.1) is 4.92 Å². The molecule has 0 aliphatic carbocycles. The Hall–Kier alpha value is -2.65. The zero-order valence-electron chi connectivity index (χ0n) is 14.5. The van der Waals surface area contributed by atoms with E-state index in [0.717, 1.165) is 18.4 Å². The summed E-state index contributed by atoms with van der Waals surface area (Å²) in [5, 5.41) is 17.2. The van der Waals surface area contributed by atoms with E-state index in [0.29, 0.717) is 30.7 Å². The van der Waals surface area contributed by atoms with Crippen molar-refractivity contribution in [3.8, 4) is 0 Å². The van der Waals surface area contributed by atoms with Gasteiger partial charge in [-0.1, -0.05) is 12.1 Å². The lowest BCUT2D eigenvalue weighted by molar-refractivity contribution is -0.385. The molecule has 0 radical (unpaired) electrons. The Morgan fingerprint density at radius 3 is 2.56 bits per heavy atom. The third-order valence-electron chi connectivity index (χ3n) is 4.69. The molecule has 2 N–H and O–H groups in total. The Labute approximate surface area is 161 Å². The van der Waals surface area contributed by atoms with Crippen LogP contribution in [0.15, 0.2) is 42.6 Å². The highest BCUT2D eigenvalue weighted by atomic mass is 32.1. The summed E-state index contributed by atoms with van der Waals surface area (Å²) in [4.78, 5) is 14.1. The van der Waals surface area contributed by atoms with E-state index in [1.807, 2.05) is 0 Å². The third-order valence-corrected chi connectivity index (χ3v) is 4.94. The second kappa shape index (κ2) is 8.36. The number of hydrogen-bond donors (Lipinski definition) is 2. The number of nitrogens with one attached hydrogen (secondary N) is 2. The molecule has 0 spiro atoms. The van der Waals surface area contributed by atoms with Crippen LogP contribution in [-0.4, -0.2) is 34.8 Å². The van der Waals surface area contributed by atoms with Gasteiger partial charge in [-0.2, -0.15) is 0 Å². The van der Waals surface area contributed by atoms with Gasteiger partial charge in [-0.3, -0.25) is 10.1 Å². The van der Waals surface area contributed by atoms with Gasteiger partial charge >= 0.3 is 0 Å². The predicted molar refractivity (Wildman–Crippen MR) is 103 cm³/mol. The molecule has 2 heterocycles. The summed E-state index contributed by atoms with van der Waals surface area (Å²) < 4.78 is 18.8. The number of halogens is 1. The first-order valence-electron chi connectivity index (χ1n) is 8.48. The maximum Gasteiger partial charge on any atom is 0.287 e. The molecule has 7 nitrogen and oxygen atoms in total. The second-order valence-electron chi connectivity index (χ2n) is 6.37. The Bertz CT molecular complexity index is 808. The number of hydrogen-bond acceptors (Lipinski definition) is 5. The Morgan fingerprint density at radius 1 is 1.26 bits per heavy atom. The zero-order valence-corrected chi connectivity index (χ0v) is 15.3. The first-order valence-corrected chi connectivity index (χ1v) is 8.88. The van der Waals surface area contributed by atoms with Crippen LogP contribution in [0.5, 0.6) is 0 Å². The molecule has 1 aromatic heterocycles. The molecule has 1 aliphatic heterocycles. The summed E-state index contributed by atoms with van der Waals surface area (Å²) in [5.41, 5.74) is 0.744. The summed E-state index contributed by atoms with van der Waals surface area (Å²) >= 11 is 5.32. The van der Waals surface area contributed by atoms with E-state index in [1.54, 1.807) is 12.1 Å². The molecule has 142 valence electrons. The van der Waals surface area contributed by atoms with Crippen molar-refractivity contribution in [3.05, 3.63) is 64.1 Å². The number of anilines is 1. The van der Waals surface area contributed by atoms with Crippen LogP contribution in [0.4, 0.5) is 15.9 Å². The second-order valence-corrected chi connectivity index (χ2v) is 6.77. The monoisotopic (exact) mass is 390 g/mol. The molecule has 1 saturated heterocycles. The van der Waals surface area contributed by atoms with Crippen LogP contribution in [0.2, 0.25) is 0 Å². The van der Waals surface area contributed by atoms with E-state index in [2.05, 4.69) is 15.6 Å². The number of benzene rings is 1. The van der Waals surface area contributed by atoms with E-state index in [-0.39, 0.29) is 16.9 Å². The van der Waals surface area contributed by atoms with Crippen LogP contribution in [0.25, 0.3) is 0 Å². The van der Waals surface area contributed by atoms with E-state index >= 15 is 0 Å². The maximum absolute atomic E-state index is 13.3. The minimum Gasteiger partial charge on any atom is -0.381 e. The van der Waals surface area contributed by atoms with Crippen molar-refractivity contribution in [2.45, 2.75) is 18.3 Å². The molecule has 27 heavy (non-hydrogen) atoms. The van der Waals surface area contributed by atoms with E-state index in [1.165, 1.54) is 30.5 Å². The SMILES string of the molecule is O=[N+]([O-])c1ccc(NC(=S)NCC2(c3ccc(F)cc3)CCOCC2)nc1. The molecule has 0 saturated carbocycles. The highest BCUT2D eigenvalue weighted by molar-refractivity contribution is 7.80. The highest BCUT2D eigenvalue weighted by Gasteiger charge is 2.34. The Balaban J connectivity index is 1.65. The van der Waals surface area contributed by atoms with Crippen LogP contribution < -0.4 is 10.6 Å². The molecule has 0 atom stereocenters. The largest absolute Gasteiger partial charge is 0.381 e. The summed E-state index contributed by atoms with van der Waals surface area (Å²) in [5.74, 6) is 0.149. The van der Waals surface area contributed by atoms with Crippen molar-refractivity contribution >= 4 is 28.8 Å². The van der Waals surface area contributed by atoms with Crippen molar-refractivity contribution in [1.29, 1.82) is 0 Å². The van der Waals surface area contributed by atoms with E-state index in [9.17, 15) is 14.5 Å². The molecule has 3 rings (SSSR count). The average molecular weight is 390 g/mol. The smallest absolute Gasteiger partial charge is 0.287 e. The van der Waals surface area contributed by atoms with Gasteiger partial charge in [0, 0.05) is 31.2 Å². The molecule has 1 aromatic carbocycles. The fourth-order valence-corrected chi connectivity index (χ4v) is 3.29. The van der Waals surface area contributed by atoms with Crippen molar-refractivity contribution in [1.82, 2.24) is 10.3 Å². The summed E-state index contributed by atoms with van der Waals surface area (Å²) in [6, 6.07) is 9.38. The van der Waals surface area contributed by atoms with Gasteiger partial charge in [-0.15, -0.1) is 0 Å². The Kier molecular flexibility index (Phi) is 5.92. The lowest BCUT2D eigenvalue weighted by Gasteiger charge is -2.38. The predicted octanol–water partition coefficient (Wildman–Crippen LogP) is 3.16. The summed E-state index contributed by atoms with van der Waals surface area (Å²) in [7, 11) is 0. The highest BCUT2D eigenvalue weighted by Crippen LogP contribution is 2.34. The number of ether oxygens (including phenoxy) is 1. The van der Waals surface area contributed by atoms with Gasteiger partial charge in [0.25, 0.3) is 5.69 Å². The number of nitro groups is 1. The van der Waals surface area contributed by atoms with Gasteiger partial charge in [-0.05, 0) is 48.8 Å². The molecule has 0 bridgehead atoms. The Morgan fingerprint density at radius 2 is 1.96 bits per heavy atom. The molecule has 1 fully saturated rings. The van der Waals surface area contributed by atoms with Crippen molar-refractivity contribution in [2.75, 3.05) is 25.1 Å². The molecular formula is C18H19FN4O3S. The minimum absolute atomic E-state index is 0.0862. The fourth-order valence-electron chi connectivity index (χ4n) is 3.11. The molecule has 2 aromatic rings. The molecule has 9 heteroatoms. The van der Waals surface area contributed by atoms with Crippen molar-refractivity contribution < 1.29 is 14.1 Å². The summed E-state index contributed by atoms with van der Waals surface area (Å²) in [6.45, 7) is 1.81. The van der Waals surface area contributed by atoms with Crippen LogP contribution >= 0.6 is 12.2 Å².